The third-order valence-electron chi connectivity index (χ3n) is 11.9. The van der Waals surface area contributed by atoms with Gasteiger partial charge in [0.25, 0.3) is 0 Å². The highest BCUT2D eigenvalue weighted by Gasteiger charge is 2.38. The molecule has 1 aliphatic carbocycles. The van der Waals surface area contributed by atoms with E-state index in [1.165, 1.54) is 64.7 Å². The SMILES string of the molecule is CC1(C)c2cc(-c3nc(-c4ccc(-c5ccccc5)cc4-c4ccccc4)cc(-c4cccc5c4sc4ccccc45)n3)ccc2-c2cccc(-c3ccccc3)c21. The number of rotatable bonds is 6. The first-order valence-corrected chi connectivity index (χ1v) is 20.7. The molecule has 0 amide bonds. The van der Waals surface area contributed by atoms with Crippen LogP contribution in [0.15, 0.2) is 194 Å². The van der Waals surface area contributed by atoms with E-state index in [-0.39, 0.29) is 5.41 Å². The Hall–Kier alpha value is -6.94. The fraction of sp³-hybridized carbons (Fsp3) is 0.0545. The maximum absolute atomic E-state index is 5.49. The fourth-order valence-electron chi connectivity index (χ4n) is 9.11. The molecular weight excluding hydrogens is 721 g/mol. The van der Waals surface area contributed by atoms with Crippen LogP contribution >= 0.6 is 11.3 Å². The van der Waals surface area contributed by atoms with Gasteiger partial charge in [0.15, 0.2) is 5.82 Å². The van der Waals surface area contributed by atoms with Crippen molar-refractivity contribution in [3.8, 4) is 78.4 Å². The number of aromatic nitrogens is 2. The molecule has 0 fully saturated rings. The monoisotopic (exact) mass is 758 g/mol. The summed E-state index contributed by atoms with van der Waals surface area (Å²) in [6.45, 7) is 4.72. The minimum absolute atomic E-state index is 0.232. The van der Waals surface area contributed by atoms with Gasteiger partial charge in [-0.05, 0) is 79.9 Å². The Balaban J connectivity index is 1.13. The number of nitrogens with zero attached hydrogens (tertiary/aromatic N) is 2. The number of hydrogen-bond donors (Lipinski definition) is 0. The largest absolute Gasteiger partial charge is 0.228 e. The Labute approximate surface area is 342 Å². The van der Waals surface area contributed by atoms with E-state index in [0.717, 1.165) is 45.0 Å². The summed E-state index contributed by atoms with van der Waals surface area (Å²) in [4.78, 5) is 11.0. The summed E-state index contributed by atoms with van der Waals surface area (Å²) in [5.41, 5.74) is 17.2. The van der Waals surface area contributed by atoms with E-state index in [0.29, 0.717) is 0 Å². The Kier molecular flexibility index (Phi) is 8.06. The van der Waals surface area contributed by atoms with Crippen molar-refractivity contribution in [2.24, 2.45) is 0 Å². The minimum Gasteiger partial charge on any atom is -0.228 e. The molecule has 58 heavy (non-hydrogen) atoms. The summed E-state index contributed by atoms with van der Waals surface area (Å²) in [5, 5.41) is 2.53. The molecule has 1 aliphatic rings. The Morgan fingerprint density at radius 1 is 0.379 bits per heavy atom. The predicted molar refractivity (Wildman–Crippen MR) is 245 cm³/mol. The van der Waals surface area contributed by atoms with Crippen LogP contribution in [0.2, 0.25) is 0 Å². The summed E-state index contributed by atoms with van der Waals surface area (Å²) in [6, 6.07) is 70.0. The second-order valence-corrected chi connectivity index (χ2v) is 16.8. The molecule has 2 heterocycles. The van der Waals surface area contributed by atoms with Crippen LogP contribution in [0.25, 0.3) is 98.6 Å². The molecule has 0 N–H and O–H groups in total. The second kappa shape index (κ2) is 13.6. The van der Waals surface area contributed by atoms with Crippen LogP contribution in [-0.4, -0.2) is 9.97 Å². The predicted octanol–water partition coefficient (Wildman–Crippen LogP) is 15.2. The Morgan fingerprint density at radius 2 is 0.948 bits per heavy atom. The first-order valence-electron chi connectivity index (χ1n) is 19.9. The average Bonchev–Trinajstić information content (AvgIpc) is 3.78. The average molecular weight is 759 g/mol. The fourth-order valence-corrected chi connectivity index (χ4v) is 10.3. The zero-order valence-electron chi connectivity index (χ0n) is 32.3. The van der Waals surface area contributed by atoms with E-state index in [1.54, 1.807) is 0 Å². The summed E-state index contributed by atoms with van der Waals surface area (Å²) < 4.78 is 2.51. The molecule has 0 saturated carbocycles. The maximum atomic E-state index is 5.49. The molecule has 0 atom stereocenters. The molecule has 0 bridgehead atoms. The molecular formula is C55H38N2S. The van der Waals surface area contributed by atoms with Crippen molar-refractivity contribution in [1.29, 1.82) is 0 Å². The maximum Gasteiger partial charge on any atom is 0.160 e. The molecule has 3 heteroatoms. The van der Waals surface area contributed by atoms with Crippen molar-refractivity contribution >= 4 is 31.5 Å². The molecule has 8 aromatic carbocycles. The molecule has 0 spiro atoms. The van der Waals surface area contributed by atoms with Crippen molar-refractivity contribution in [3.63, 3.8) is 0 Å². The summed E-state index contributed by atoms with van der Waals surface area (Å²) in [6.07, 6.45) is 0. The Bertz CT molecular complexity index is 3180. The zero-order valence-corrected chi connectivity index (χ0v) is 33.1. The van der Waals surface area contributed by atoms with Crippen LogP contribution in [0.3, 0.4) is 0 Å². The topological polar surface area (TPSA) is 25.8 Å². The van der Waals surface area contributed by atoms with Crippen molar-refractivity contribution in [3.05, 3.63) is 205 Å². The van der Waals surface area contributed by atoms with Gasteiger partial charge in [0.05, 0.1) is 11.4 Å². The first-order chi connectivity index (χ1) is 28.5. The van der Waals surface area contributed by atoms with Crippen molar-refractivity contribution in [2.45, 2.75) is 19.3 Å². The van der Waals surface area contributed by atoms with E-state index in [1.807, 2.05) is 11.3 Å². The number of benzene rings is 8. The van der Waals surface area contributed by atoms with Gasteiger partial charge in [0.1, 0.15) is 0 Å². The molecule has 0 saturated heterocycles. The highest BCUT2D eigenvalue weighted by atomic mass is 32.1. The van der Waals surface area contributed by atoms with E-state index in [4.69, 9.17) is 9.97 Å². The lowest BCUT2D eigenvalue weighted by atomic mass is 9.78. The number of thiophene rings is 1. The van der Waals surface area contributed by atoms with Gasteiger partial charge in [-0.1, -0.05) is 184 Å². The van der Waals surface area contributed by atoms with Gasteiger partial charge in [-0.2, -0.15) is 0 Å². The van der Waals surface area contributed by atoms with Gasteiger partial charge in [0, 0.05) is 42.3 Å². The van der Waals surface area contributed by atoms with Gasteiger partial charge in [-0.15, -0.1) is 11.3 Å². The minimum atomic E-state index is -0.232. The van der Waals surface area contributed by atoms with Gasteiger partial charge in [0.2, 0.25) is 0 Å². The van der Waals surface area contributed by atoms with E-state index >= 15 is 0 Å². The van der Waals surface area contributed by atoms with Gasteiger partial charge >= 0.3 is 0 Å². The zero-order chi connectivity index (χ0) is 38.8. The van der Waals surface area contributed by atoms with Crippen LogP contribution in [0.5, 0.6) is 0 Å². The van der Waals surface area contributed by atoms with Crippen LogP contribution in [0.4, 0.5) is 0 Å². The molecule has 10 aromatic rings. The van der Waals surface area contributed by atoms with Crippen LogP contribution in [0, 0.1) is 0 Å². The summed E-state index contributed by atoms with van der Waals surface area (Å²) in [5.74, 6) is 0.717. The highest BCUT2D eigenvalue weighted by Crippen LogP contribution is 2.53. The van der Waals surface area contributed by atoms with Crippen LogP contribution < -0.4 is 0 Å². The highest BCUT2D eigenvalue weighted by molar-refractivity contribution is 7.26. The van der Waals surface area contributed by atoms with Crippen LogP contribution in [0.1, 0.15) is 25.0 Å². The van der Waals surface area contributed by atoms with Gasteiger partial charge < -0.3 is 0 Å². The summed E-state index contributed by atoms with van der Waals surface area (Å²) in [7, 11) is 0. The molecule has 0 radical (unpaired) electrons. The second-order valence-electron chi connectivity index (χ2n) is 15.7. The summed E-state index contributed by atoms with van der Waals surface area (Å²) >= 11 is 1.83. The third-order valence-corrected chi connectivity index (χ3v) is 13.1. The molecule has 2 nitrogen and oxygen atoms in total. The third kappa shape index (κ3) is 5.62. The van der Waals surface area contributed by atoms with E-state index < -0.39 is 0 Å². The van der Waals surface area contributed by atoms with Gasteiger partial charge in [-0.3, -0.25) is 0 Å². The molecule has 0 aliphatic heterocycles. The molecule has 274 valence electrons. The molecule has 2 aromatic heterocycles. The lowest BCUT2D eigenvalue weighted by Gasteiger charge is -2.25. The smallest absolute Gasteiger partial charge is 0.160 e. The van der Waals surface area contributed by atoms with E-state index in [2.05, 4.69) is 208 Å². The van der Waals surface area contributed by atoms with Crippen molar-refractivity contribution in [1.82, 2.24) is 9.97 Å². The van der Waals surface area contributed by atoms with E-state index in [9.17, 15) is 0 Å². The number of hydrogen-bond acceptors (Lipinski definition) is 3. The normalized spacial score (nSPS) is 12.8. The first kappa shape index (κ1) is 34.3. The Morgan fingerprint density at radius 3 is 1.71 bits per heavy atom. The standard InChI is InChI=1S/C55H38N2S/c1-55(2)48-33-39(29-30-41(48)44-24-14-23-40(52(44)55)36-18-8-4-9-19-36)54-56-49(34-50(57-54)46-26-15-25-45-43-22-12-13-27-51(43)58-53(45)46)42-31-28-38(35-16-6-3-7-17-35)32-47(42)37-20-10-5-11-21-37/h3-34H,1-2H3. The lowest BCUT2D eigenvalue weighted by Crippen LogP contribution is -2.16. The molecule has 11 rings (SSSR count). The van der Waals surface area contributed by atoms with Gasteiger partial charge in [-0.25, -0.2) is 9.97 Å². The number of fused-ring (bicyclic) bond motifs is 6. The van der Waals surface area contributed by atoms with Crippen molar-refractivity contribution in [2.75, 3.05) is 0 Å². The lowest BCUT2D eigenvalue weighted by molar-refractivity contribution is 0.662. The quantitative estimate of drug-likeness (QED) is 0.169. The van der Waals surface area contributed by atoms with Crippen molar-refractivity contribution < 1.29 is 0 Å². The molecule has 0 unspecified atom stereocenters. The van der Waals surface area contributed by atoms with Crippen LogP contribution in [-0.2, 0) is 5.41 Å².